The zero-order valence-electron chi connectivity index (χ0n) is 16.8. The summed E-state index contributed by atoms with van der Waals surface area (Å²) in [6.07, 6.45) is 8.96. The first-order valence-electron chi connectivity index (χ1n) is 10.2. The molecule has 0 saturated heterocycles. The van der Waals surface area contributed by atoms with Gasteiger partial charge >= 0.3 is 0 Å². The highest BCUT2D eigenvalue weighted by atomic mass is 16.1. The molecular formula is C23H23N7O. The number of imidazole rings is 1. The Kier molecular flexibility index (Phi) is 5.07. The molecule has 1 aromatic carbocycles. The summed E-state index contributed by atoms with van der Waals surface area (Å²) >= 11 is 0. The third-order valence-electron chi connectivity index (χ3n) is 5.52. The quantitative estimate of drug-likeness (QED) is 0.508. The first kappa shape index (κ1) is 19.2. The number of hydrogen-bond donors (Lipinski definition) is 4. The molecule has 3 aromatic rings. The van der Waals surface area contributed by atoms with Crippen LogP contribution in [0, 0.1) is 0 Å². The van der Waals surface area contributed by atoms with Crippen LogP contribution < -0.4 is 21.7 Å². The molecule has 0 bridgehead atoms. The van der Waals surface area contributed by atoms with E-state index in [1.807, 2.05) is 47.2 Å². The Morgan fingerprint density at radius 1 is 1.23 bits per heavy atom. The summed E-state index contributed by atoms with van der Waals surface area (Å²) in [7, 11) is 0. The molecule has 2 aromatic heterocycles. The van der Waals surface area contributed by atoms with Crippen LogP contribution in [0.2, 0.25) is 0 Å². The van der Waals surface area contributed by atoms with Crippen LogP contribution in [0.15, 0.2) is 83.3 Å². The lowest BCUT2D eigenvalue weighted by molar-refractivity contribution is 0.100. The van der Waals surface area contributed by atoms with E-state index in [-0.39, 0.29) is 12.3 Å². The lowest BCUT2D eigenvalue weighted by Gasteiger charge is -2.35. The number of fused-ring (bicyclic) bond motifs is 1. The largest absolute Gasteiger partial charge is 0.366 e. The number of primary amides is 1. The van der Waals surface area contributed by atoms with E-state index < -0.39 is 5.91 Å². The average molecular weight is 413 g/mol. The minimum absolute atomic E-state index is 0.104. The number of rotatable bonds is 5. The SMILES string of the molecule is NC(=O)c1cccn2c(C3NC4=C(CN=CC=C4)C(NCc4ccccc4)N3)ncc12. The van der Waals surface area contributed by atoms with Crippen molar-refractivity contribution in [1.29, 1.82) is 0 Å². The summed E-state index contributed by atoms with van der Waals surface area (Å²) in [6.45, 7) is 1.30. The van der Waals surface area contributed by atoms with Crippen LogP contribution in [-0.2, 0) is 6.54 Å². The molecule has 8 heteroatoms. The third-order valence-corrected chi connectivity index (χ3v) is 5.52. The van der Waals surface area contributed by atoms with E-state index >= 15 is 0 Å². The van der Waals surface area contributed by atoms with Crippen molar-refractivity contribution in [3.05, 3.63) is 95.2 Å². The van der Waals surface area contributed by atoms with Gasteiger partial charge in [0.2, 0.25) is 0 Å². The van der Waals surface area contributed by atoms with E-state index in [9.17, 15) is 4.79 Å². The minimum atomic E-state index is -0.474. The number of amides is 1. The Morgan fingerprint density at radius 3 is 2.94 bits per heavy atom. The number of aliphatic imine (C=N–C) groups is 1. The number of carbonyl (C=O) groups excluding carboxylic acids is 1. The molecular weight excluding hydrogens is 390 g/mol. The number of nitrogens with one attached hydrogen (secondary N) is 3. The maximum Gasteiger partial charge on any atom is 0.250 e. The first-order valence-corrected chi connectivity index (χ1v) is 10.2. The maximum absolute atomic E-state index is 11.8. The Labute approximate surface area is 179 Å². The van der Waals surface area contributed by atoms with Gasteiger partial charge in [-0.15, -0.1) is 0 Å². The van der Waals surface area contributed by atoms with Crippen LogP contribution >= 0.6 is 0 Å². The van der Waals surface area contributed by atoms with Gasteiger partial charge in [0.15, 0.2) is 5.82 Å². The topological polar surface area (TPSA) is 109 Å². The zero-order chi connectivity index (χ0) is 21.2. The van der Waals surface area contributed by atoms with Crippen LogP contribution in [0.4, 0.5) is 0 Å². The number of aromatic nitrogens is 2. The van der Waals surface area contributed by atoms with E-state index in [1.165, 1.54) is 5.56 Å². The van der Waals surface area contributed by atoms with E-state index in [0.717, 1.165) is 17.1 Å². The van der Waals surface area contributed by atoms with E-state index in [4.69, 9.17) is 5.73 Å². The summed E-state index contributed by atoms with van der Waals surface area (Å²) < 4.78 is 1.89. The molecule has 0 fully saturated rings. The Balaban J connectivity index is 1.48. The monoisotopic (exact) mass is 413 g/mol. The molecule has 5 N–H and O–H groups in total. The van der Waals surface area contributed by atoms with Gasteiger partial charge in [0.05, 0.1) is 30.0 Å². The second kappa shape index (κ2) is 8.17. The molecule has 8 nitrogen and oxygen atoms in total. The summed E-state index contributed by atoms with van der Waals surface area (Å²) in [5, 5.41) is 10.7. The van der Waals surface area contributed by atoms with Crippen molar-refractivity contribution in [2.24, 2.45) is 10.7 Å². The van der Waals surface area contributed by atoms with Crippen molar-refractivity contribution in [2.75, 3.05) is 6.54 Å². The smallest absolute Gasteiger partial charge is 0.250 e. The van der Waals surface area contributed by atoms with Gasteiger partial charge in [-0.2, -0.15) is 0 Å². The average Bonchev–Trinajstić information content (AvgIpc) is 3.08. The molecule has 2 aliphatic heterocycles. The number of hydrogen-bond acceptors (Lipinski definition) is 6. The van der Waals surface area contributed by atoms with E-state index in [0.29, 0.717) is 24.2 Å². The van der Waals surface area contributed by atoms with Crippen molar-refractivity contribution in [3.8, 4) is 0 Å². The summed E-state index contributed by atoms with van der Waals surface area (Å²) in [4.78, 5) is 20.9. The van der Waals surface area contributed by atoms with Crippen molar-refractivity contribution in [3.63, 3.8) is 0 Å². The standard InChI is InChI=1S/C23H23N7O/c24-20(31)16-8-5-11-30-19(16)14-27-23(30)22-28-18-9-4-10-25-13-17(18)21(29-22)26-12-15-6-2-1-3-7-15/h1-11,14,21-22,26,28-29H,12-13H2,(H2,24,31). The van der Waals surface area contributed by atoms with Crippen LogP contribution in [-0.4, -0.2) is 34.2 Å². The fraction of sp³-hybridized carbons (Fsp3) is 0.174. The summed E-state index contributed by atoms with van der Waals surface area (Å²) in [5.74, 6) is 0.271. The van der Waals surface area contributed by atoms with Crippen molar-refractivity contribution >= 4 is 17.6 Å². The number of allylic oxidation sites excluding steroid dienone is 2. The van der Waals surface area contributed by atoms with Crippen molar-refractivity contribution < 1.29 is 4.79 Å². The van der Waals surface area contributed by atoms with Crippen LogP contribution in [0.1, 0.15) is 27.9 Å². The normalized spacial score (nSPS) is 20.4. The molecule has 0 aliphatic carbocycles. The second-order valence-electron chi connectivity index (χ2n) is 7.49. The highest BCUT2D eigenvalue weighted by Gasteiger charge is 2.30. The van der Waals surface area contributed by atoms with Crippen LogP contribution in [0.25, 0.3) is 5.52 Å². The highest BCUT2D eigenvalue weighted by Crippen LogP contribution is 2.24. The molecule has 0 spiro atoms. The van der Waals surface area contributed by atoms with Crippen molar-refractivity contribution in [2.45, 2.75) is 18.9 Å². The lowest BCUT2D eigenvalue weighted by atomic mass is 10.1. The lowest BCUT2D eigenvalue weighted by Crippen LogP contribution is -2.54. The number of nitrogens with zero attached hydrogens (tertiary/aromatic N) is 3. The van der Waals surface area contributed by atoms with Gasteiger partial charge in [0, 0.05) is 30.2 Å². The van der Waals surface area contributed by atoms with E-state index in [1.54, 1.807) is 18.3 Å². The molecule has 1 amide bonds. The Hall–Kier alpha value is -3.75. The molecule has 2 atom stereocenters. The molecule has 31 heavy (non-hydrogen) atoms. The van der Waals surface area contributed by atoms with Gasteiger partial charge in [-0.1, -0.05) is 30.3 Å². The number of nitrogens with two attached hydrogens (primary N) is 1. The number of benzene rings is 1. The fourth-order valence-corrected chi connectivity index (χ4v) is 4.00. The summed E-state index contributed by atoms with van der Waals surface area (Å²) in [6, 6.07) is 13.8. The molecule has 0 radical (unpaired) electrons. The Morgan fingerprint density at radius 2 is 2.10 bits per heavy atom. The third kappa shape index (κ3) is 3.74. The van der Waals surface area contributed by atoms with Gasteiger partial charge in [0.25, 0.3) is 5.91 Å². The summed E-state index contributed by atoms with van der Waals surface area (Å²) in [5.41, 5.74) is 10.0. The molecule has 4 heterocycles. The second-order valence-corrected chi connectivity index (χ2v) is 7.49. The molecule has 156 valence electrons. The van der Waals surface area contributed by atoms with Crippen LogP contribution in [0.3, 0.4) is 0 Å². The van der Waals surface area contributed by atoms with Crippen LogP contribution in [0.5, 0.6) is 0 Å². The zero-order valence-corrected chi connectivity index (χ0v) is 16.8. The number of carbonyl (C=O) groups is 1. The molecule has 5 rings (SSSR count). The Bertz CT molecular complexity index is 1210. The number of pyridine rings is 1. The predicted molar refractivity (Wildman–Crippen MR) is 119 cm³/mol. The van der Waals surface area contributed by atoms with Gasteiger partial charge < -0.3 is 15.5 Å². The van der Waals surface area contributed by atoms with Crippen molar-refractivity contribution in [1.82, 2.24) is 25.3 Å². The van der Waals surface area contributed by atoms with E-state index in [2.05, 4.69) is 38.1 Å². The minimum Gasteiger partial charge on any atom is -0.366 e. The molecule has 2 unspecified atom stereocenters. The molecule has 0 saturated carbocycles. The van der Waals surface area contributed by atoms with Gasteiger partial charge in [0.1, 0.15) is 6.17 Å². The highest BCUT2D eigenvalue weighted by molar-refractivity contribution is 5.99. The maximum atomic E-state index is 11.8. The van der Waals surface area contributed by atoms with Gasteiger partial charge in [-0.05, 0) is 29.8 Å². The predicted octanol–water partition coefficient (Wildman–Crippen LogP) is 1.64. The fourth-order valence-electron chi connectivity index (χ4n) is 4.00. The molecule has 2 aliphatic rings. The van der Waals surface area contributed by atoms with Gasteiger partial charge in [-0.25, -0.2) is 4.98 Å². The van der Waals surface area contributed by atoms with Gasteiger partial charge in [-0.3, -0.25) is 20.4 Å². The first-order chi connectivity index (χ1) is 15.2.